The molecule has 2 heterocycles. The Balaban J connectivity index is 0.00000240. The first kappa shape index (κ1) is 21.6. The Hall–Kier alpha value is -2.09. The Morgan fingerprint density at radius 1 is 1.10 bits per heavy atom. The Labute approximate surface area is 178 Å². The highest BCUT2D eigenvalue weighted by Gasteiger charge is 2.34. The summed E-state index contributed by atoms with van der Waals surface area (Å²) in [7, 11) is -3.31. The van der Waals surface area contributed by atoms with E-state index in [1.807, 2.05) is 24.3 Å². The summed E-state index contributed by atoms with van der Waals surface area (Å²) in [6.45, 7) is 1.60. The SMILES string of the molecule is CS(=O)(=O)N1CCCc2cc(C(=O)N3C[C@@H](N)[C@H](c4ccccc4)C3)ccc21.Cl. The van der Waals surface area contributed by atoms with Crippen LogP contribution in [0.5, 0.6) is 0 Å². The van der Waals surface area contributed by atoms with E-state index < -0.39 is 10.0 Å². The number of hydrogen-bond acceptors (Lipinski definition) is 4. The molecule has 2 atom stereocenters. The molecular formula is C21H26ClN3O3S. The zero-order chi connectivity index (χ0) is 19.9. The molecule has 6 nitrogen and oxygen atoms in total. The third-order valence-corrected chi connectivity index (χ3v) is 6.86. The van der Waals surface area contributed by atoms with Gasteiger partial charge in [0.25, 0.3) is 5.91 Å². The van der Waals surface area contributed by atoms with Crippen LogP contribution in [0.1, 0.15) is 33.8 Å². The summed E-state index contributed by atoms with van der Waals surface area (Å²) in [5, 5.41) is 0. The zero-order valence-corrected chi connectivity index (χ0v) is 18.0. The number of nitrogens with two attached hydrogens (primary N) is 1. The first-order chi connectivity index (χ1) is 13.3. The van der Waals surface area contributed by atoms with Gasteiger partial charge < -0.3 is 10.6 Å². The molecule has 0 bridgehead atoms. The van der Waals surface area contributed by atoms with E-state index in [0.717, 1.165) is 24.0 Å². The monoisotopic (exact) mass is 435 g/mol. The molecule has 0 radical (unpaired) electrons. The van der Waals surface area contributed by atoms with E-state index in [9.17, 15) is 13.2 Å². The van der Waals surface area contributed by atoms with Crippen molar-refractivity contribution in [2.45, 2.75) is 24.8 Å². The summed E-state index contributed by atoms with van der Waals surface area (Å²) in [6.07, 6.45) is 2.74. The summed E-state index contributed by atoms with van der Waals surface area (Å²) in [6, 6.07) is 15.3. The highest BCUT2D eigenvalue weighted by Crippen LogP contribution is 2.32. The van der Waals surface area contributed by atoms with E-state index in [2.05, 4.69) is 12.1 Å². The van der Waals surface area contributed by atoms with Crippen LogP contribution in [0.15, 0.2) is 48.5 Å². The van der Waals surface area contributed by atoms with Crippen molar-refractivity contribution >= 4 is 34.0 Å². The van der Waals surface area contributed by atoms with E-state index in [1.165, 1.54) is 10.6 Å². The van der Waals surface area contributed by atoms with Crippen LogP contribution in [-0.4, -0.2) is 51.2 Å². The summed E-state index contributed by atoms with van der Waals surface area (Å²) in [5.41, 5.74) is 9.67. The number of aryl methyl sites for hydroxylation is 1. The van der Waals surface area contributed by atoms with Gasteiger partial charge in [0.1, 0.15) is 0 Å². The van der Waals surface area contributed by atoms with Crippen LogP contribution in [0.2, 0.25) is 0 Å². The fourth-order valence-electron chi connectivity index (χ4n) is 4.27. The molecule has 2 aromatic carbocycles. The van der Waals surface area contributed by atoms with Crippen molar-refractivity contribution in [3.8, 4) is 0 Å². The van der Waals surface area contributed by atoms with Gasteiger partial charge in [-0.3, -0.25) is 9.10 Å². The molecule has 2 aromatic rings. The van der Waals surface area contributed by atoms with Gasteiger partial charge in [0, 0.05) is 37.2 Å². The van der Waals surface area contributed by atoms with Crippen molar-refractivity contribution in [1.29, 1.82) is 0 Å². The molecule has 1 amide bonds. The van der Waals surface area contributed by atoms with Crippen molar-refractivity contribution in [3.63, 3.8) is 0 Å². The maximum absolute atomic E-state index is 13.1. The van der Waals surface area contributed by atoms with Crippen LogP contribution in [-0.2, 0) is 16.4 Å². The lowest BCUT2D eigenvalue weighted by Crippen LogP contribution is -2.35. The maximum Gasteiger partial charge on any atom is 0.253 e. The zero-order valence-electron chi connectivity index (χ0n) is 16.3. The van der Waals surface area contributed by atoms with Gasteiger partial charge in [-0.25, -0.2) is 8.42 Å². The number of anilines is 1. The number of sulfonamides is 1. The molecule has 29 heavy (non-hydrogen) atoms. The number of carbonyl (C=O) groups is 1. The normalized spacial score (nSPS) is 21.4. The van der Waals surface area contributed by atoms with Crippen molar-refractivity contribution in [2.24, 2.45) is 5.73 Å². The van der Waals surface area contributed by atoms with Gasteiger partial charge in [-0.2, -0.15) is 0 Å². The van der Waals surface area contributed by atoms with Gasteiger partial charge in [-0.15, -0.1) is 12.4 Å². The largest absolute Gasteiger partial charge is 0.336 e. The fraction of sp³-hybridized carbons (Fsp3) is 0.381. The lowest BCUT2D eigenvalue weighted by atomic mass is 9.95. The molecule has 0 unspecified atom stereocenters. The van der Waals surface area contributed by atoms with Gasteiger partial charge in [-0.05, 0) is 42.2 Å². The number of benzene rings is 2. The smallest absolute Gasteiger partial charge is 0.253 e. The van der Waals surface area contributed by atoms with Gasteiger partial charge in [0.05, 0.1) is 11.9 Å². The number of hydrogen-bond donors (Lipinski definition) is 1. The highest BCUT2D eigenvalue weighted by atomic mass is 35.5. The Morgan fingerprint density at radius 2 is 1.83 bits per heavy atom. The second-order valence-electron chi connectivity index (χ2n) is 7.67. The average molecular weight is 436 g/mol. The van der Waals surface area contributed by atoms with Gasteiger partial charge in [-0.1, -0.05) is 30.3 Å². The molecule has 2 N–H and O–H groups in total. The van der Waals surface area contributed by atoms with Crippen molar-refractivity contribution in [3.05, 3.63) is 65.2 Å². The third-order valence-electron chi connectivity index (χ3n) is 5.68. The van der Waals surface area contributed by atoms with Crippen molar-refractivity contribution in [2.75, 3.05) is 30.2 Å². The number of amides is 1. The van der Waals surface area contributed by atoms with Crippen molar-refractivity contribution < 1.29 is 13.2 Å². The van der Waals surface area contributed by atoms with Gasteiger partial charge >= 0.3 is 0 Å². The molecule has 156 valence electrons. The number of fused-ring (bicyclic) bond motifs is 1. The molecule has 0 aromatic heterocycles. The summed E-state index contributed by atoms with van der Waals surface area (Å²) >= 11 is 0. The maximum atomic E-state index is 13.1. The predicted molar refractivity (Wildman–Crippen MR) is 117 cm³/mol. The van der Waals surface area contributed by atoms with Crippen LogP contribution in [0.3, 0.4) is 0 Å². The Morgan fingerprint density at radius 3 is 2.52 bits per heavy atom. The minimum absolute atomic E-state index is 0. The first-order valence-corrected chi connectivity index (χ1v) is 11.4. The molecule has 0 aliphatic carbocycles. The molecule has 2 aliphatic heterocycles. The second-order valence-corrected chi connectivity index (χ2v) is 9.58. The highest BCUT2D eigenvalue weighted by molar-refractivity contribution is 7.92. The van der Waals surface area contributed by atoms with E-state index >= 15 is 0 Å². The topological polar surface area (TPSA) is 83.7 Å². The molecule has 1 fully saturated rings. The first-order valence-electron chi connectivity index (χ1n) is 9.55. The number of rotatable bonds is 3. The van der Waals surface area contributed by atoms with Crippen LogP contribution in [0.25, 0.3) is 0 Å². The van der Waals surface area contributed by atoms with Crippen LogP contribution in [0, 0.1) is 0 Å². The number of likely N-dealkylation sites (tertiary alicyclic amines) is 1. The van der Waals surface area contributed by atoms with E-state index in [1.54, 1.807) is 17.0 Å². The molecule has 0 saturated carbocycles. The minimum Gasteiger partial charge on any atom is -0.336 e. The molecular weight excluding hydrogens is 410 g/mol. The second kappa shape index (κ2) is 8.34. The lowest BCUT2D eigenvalue weighted by molar-refractivity contribution is 0.0789. The summed E-state index contributed by atoms with van der Waals surface area (Å²) in [5.74, 6) is 0.0802. The lowest BCUT2D eigenvalue weighted by Gasteiger charge is -2.29. The molecule has 8 heteroatoms. The standard InChI is InChI=1S/C21H25N3O3S.ClH/c1-28(26,27)24-11-5-8-16-12-17(9-10-20(16)24)21(25)23-13-18(19(22)14-23)15-6-3-2-4-7-15;/h2-4,6-7,9-10,12,18-19H,5,8,11,13-14,22H2,1H3;1H/t18-,19+;/m0./s1. The van der Waals surface area contributed by atoms with E-state index in [0.29, 0.717) is 30.9 Å². The van der Waals surface area contributed by atoms with Gasteiger partial charge in [0.2, 0.25) is 10.0 Å². The summed E-state index contributed by atoms with van der Waals surface area (Å²) in [4.78, 5) is 14.9. The number of nitrogens with zero attached hydrogens (tertiary/aromatic N) is 2. The van der Waals surface area contributed by atoms with Crippen LogP contribution < -0.4 is 10.0 Å². The van der Waals surface area contributed by atoms with Gasteiger partial charge in [0.15, 0.2) is 0 Å². The minimum atomic E-state index is -3.31. The molecule has 1 saturated heterocycles. The third kappa shape index (κ3) is 4.27. The number of halogens is 1. The number of carbonyl (C=O) groups excluding carboxylic acids is 1. The molecule has 0 spiro atoms. The quantitative estimate of drug-likeness (QED) is 0.802. The van der Waals surface area contributed by atoms with E-state index in [-0.39, 0.29) is 30.3 Å². The fourth-order valence-corrected chi connectivity index (χ4v) is 5.27. The summed E-state index contributed by atoms with van der Waals surface area (Å²) < 4.78 is 25.5. The van der Waals surface area contributed by atoms with E-state index in [4.69, 9.17) is 5.73 Å². The van der Waals surface area contributed by atoms with Crippen LogP contribution in [0.4, 0.5) is 5.69 Å². The molecule has 2 aliphatic rings. The van der Waals surface area contributed by atoms with Crippen molar-refractivity contribution in [1.82, 2.24) is 4.90 Å². The molecule has 4 rings (SSSR count). The Bertz CT molecular complexity index is 997. The van der Waals surface area contributed by atoms with Crippen LogP contribution >= 0.6 is 12.4 Å². The average Bonchev–Trinajstić information content (AvgIpc) is 3.08. The Kier molecular flexibility index (Phi) is 6.22. The predicted octanol–water partition coefficient (Wildman–Crippen LogP) is 2.39.